The van der Waals surface area contributed by atoms with Crippen LogP contribution in [-0.4, -0.2) is 18.6 Å². The van der Waals surface area contributed by atoms with E-state index in [1.54, 1.807) is 13.0 Å². The molecule has 1 aromatic heterocycles. The minimum atomic E-state index is -3.73. The first-order valence-electron chi connectivity index (χ1n) is 5.89. The molecule has 0 N–H and O–H groups in total. The number of aryl methyl sites for hydroxylation is 2. The first-order valence-corrected chi connectivity index (χ1v) is 8.20. The van der Waals surface area contributed by atoms with Gasteiger partial charge in [-0.2, -0.15) is 4.98 Å². The van der Waals surface area contributed by atoms with E-state index in [4.69, 9.17) is 19.9 Å². The second kappa shape index (κ2) is 5.80. The van der Waals surface area contributed by atoms with Crippen molar-refractivity contribution < 1.29 is 17.7 Å². The maximum atomic E-state index is 11.2. The lowest BCUT2D eigenvalue weighted by Crippen LogP contribution is -1.99. The van der Waals surface area contributed by atoms with E-state index in [-0.39, 0.29) is 11.5 Å². The number of hydrogen-bond acceptors (Lipinski definition) is 6. The number of ether oxygens (including phenoxy) is 1. The van der Waals surface area contributed by atoms with Crippen molar-refractivity contribution in [3.8, 4) is 5.75 Å². The molecule has 0 amide bonds. The Labute approximate surface area is 121 Å². The van der Waals surface area contributed by atoms with Crippen molar-refractivity contribution >= 4 is 19.7 Å². The summed E-state index contributed by atoms with van der Waals surface area (Å²) in [4.78, 5) is 4.15. The van der Waals surface area contributed by atoms with Crippen molar-refractivity contribution in [2.75, 3.05) is 0 Å². The molecule has 0 radical (unpaired) electrons. The Kier molecular flexibility index (Phi) is 4.29. The fourth-order valence-electron chi connectivity index (χ4n) is 1.57. The van der Waals surface area contributed by atoms with Gasteiger partial charge < -0.3 is 9.26 Å². The first kappa shape index (κ1) is 14.8. The largest absolute Gasteiger partial charge is 0.483 e. The van der Waals surface area contributed by atoms with Gasteiger partial charge in [0.05, 0.1) is 4.90 Å². The molecule has 0 spiro atoms. The Hall–Kier alpha value is -1.60. The second-order valence-corrected chi connectivity index (χ2v) is 6.68. The highest BCUT2D eigenvalue weighted by Crippen LogP contribution is 2.24. The van der Waals surface area contributed by atoms with E-state index >= 15 is 0 Å². The molecule has 0 aliphatic carbocycles. The minimum absolute atomic E-state index is 0.0371. The Balaban J connectivity index is 2.10. The summed E-state index contributed by atoms with van der Waals surface area (Å²) in [7, 11) is 1.54. The highest BCUT2D eigenvalue weighted by molar-refractivity contribution is 8.13. The van der Waals surface area contributed by atoms with Crippen molar-refractivity contribution in [1.82, 2.24) is 10.1 Å². The van der Waals surface area contributed by atoms with Gasteiger partial charge in [0.2, 0.25) is 0 Å². The Morgan fingerprint density at radius 1 is 1.40 bits per heavy atom. The monoisotopic (exact) mass is 316 g/mol. The van der Waals surface area contributed by atoms with Gasteiger partial charge >= 0.3 is 0 Å². The fourth-order valence-corrected chi connectivity index (χ4v) is 2.40. The fraction of sp³-hybridized carbons (Fsp3) is 0.333. The summed E-state index contributed by atoms with van der Waals surface area (Å²) in [5.74, 6) is 1.52. The van der Waals surface area contributed by atoms with Gasteiger partial charge in [-0.15, -0.1) is 0 Å². The topological polar surface area (TPSA) is 82.3 Å². The third-order valence-corrected chi connectivity index (χ3v) is 3.96. The van der Waals surface area contributed by atoms with Crippen LogP contribution in [0.3, 0.4) is 0 Å². The van der Waals surface area contributed by atoms with Crippen LogP contribution in [0.5, 0.6) is 5.75 Å². The lowest BCUT2D eigenvalue weighted by atomic mass is 10.2. The average Bonchev–Trinajstić information content (AvgIpc) is 2.84. The van der Waals surface area contributed by atoms with Crippen molar-refractivity contribution in [2.24, 2.45) is 0 Å². The van der Waals surface area contributed by atoms with Gasteiger partial charge in [-0.05, 0) is 30.7 Å². The molecular formula is C12H13ClN2O4S. The zero-order valence-corrected chi connectivity index (χ0v) is 12.5. The van der Waals surface area contributed by atoms with Gasteiger partial charge in [0, 0.05) is 17.1 Å². The first-order chi connectivity index (χ1) is 9.40. The molecule has 2 aromatic rings. The third kappa shape index (κ3) is 3.49. The molecule has 0 unspecified atom stereocenters. The highest BCUT2D eigenvalue weighted by atomic mass is 35.7. The Morgan fingerprint density at radius 2 is 2.15 bits per heavy atom. The van der Waals surface area contributed by atoms with E-state index in [1.165, 1.54) is 12.1 Å². The summed E-state index contributed by atoms with van der Waals surface area (Å²) in [5.41, 5.74) is 0.655. The molecule has 0 aliphatic rings. The van der Waals surface area contributed by atoms with Crippen LogP contribution in [0.4, 0.5) is 0 Å². The molecule has 1 heterocycles. The molecule has 8 heteroatoms. The van der Waals surface area contributed by atoms with Crippen LogP contribution >= 0.6 is 10.7 Å². The number of benzene rings is 1. The zero-order chi connectivity index (χ0) is 14.8. The normalized spacial score (nSPS) is 11.6. The minimum Gasteiger partial charge on any atom is -0.483 e. The van der Waals surface area contributed by atoms with Crippen LogP contribution in [0.2, 0.25) is 0 Å². The van der Waals surface area contributed by atoms with E-state index in [9.17, 15) is 8.42 Å². The van der Waals surface area contributed by atoms with Crippen LogP contribution in [0.1, 0.15) is 24.2 Å². The standard InChI is InChI=1S/C12H13ClN2O4S/c1-3-11-14-12(19-15-11)7-18-10-5-4-9(6-8(10)2)20(13,16)17/h4-6H,3,7H2,1-2H3. The summed E-state index contributed by atoms with van der Waals surface area (Å²) in [5, 5.41) is 3.75. The van der Waals surface area contributed by atoms with Crippen molar-refractivity contribution in [1.29, 1.82) is 0 Å². The third-order valence-electron chi connectivity index (χ3n) is 2.61. The van der Waals surface area contributed by atoms with Gasteiger partial charge in [0.25, 0.3) is 14.9 Å². The maximum absolute atomic E-state index is 11.2. The molecule has 6 nitrogen and oxygen atoms in total. The molecule has 0 atom stereocenters. The van der Waals surface area contributed by atoms with E-state index in [0.29, 0.717) is 29.4 Å². The zero-order valence-electron chi connectivity index (χ0n) is 11.0. The molecule has 0 fully saturated rings. The predicted octanol–water partition coefficient (Wildman–Crippen LogP) is 2.45. The van der Waals surface area contributed by atoms with Gasteiger partial charge in [0.15, 0.2) is 12.4 Å². The molecule has 2 rings (SSSR count). The van der Waals surface area contributed by atoms with Crippen LogP contribution in [0.25, 0.3) is 0 Å². The molecule has 1 aromatic carbocycles. The summed E-state index contributed by atoms with van der Waals surface area (Å²) >= 11 is 0. The maximum Gasteiger partial charge on any atom is 0.264 e. The summed E-state index contributed by atoms with van der Waals surface area (Å²) in [6.45, 7) is 3.78. The van der Waals surface area contributed by atoms with Crippen LogP contribution < -0.4 is 4.74 Å². The van der Waals surface area contributed by atoms with Gasteiger partial charge in [0.1, 0.15) is 5.75 Å². The number of aromatic nitrogens is 2. The highest BCUT2D eigenvalue weighted by Gasteiger charge is 2.12. The SMILES string of the molecule is CCc1noc(COc2ccc(S(=O)(=O)Cl)cc2C)n1. The lowest BCUT2D eigenvalue weighted by molar-refractivity contribution is 0.241. The summed E-state index contributed by atoms with van der Waals surface area (Å²) in [6.07, 6.45) is 0.685. The van der Waals surface area contributed by atoms with Crippen molar-refractivity contribution in [3.05, 3.63) is 35.5 Å². The number of rotatable bonds is 5. The van der Waals surface area contributed by atoms with Crippen LogP contribution in [-0.2, 0) is 22.1 Å². The molecule has 0 saturated carbocycles. The van der Waals surface area contributed by atoms with Crippen molar-refractivity contribution in [3.63, 3.8) is 0 Å². The van der Waals surface area contributed by atoms with E-state index in [2.05, 4.69) is 10.1 Å². The van der Waals surface area contributed by atoms with E-state index in [0.717, 1.165) is 0 Å². The molecule has 0 aliphatic heterocycles. The quantitative estimate of drug-likeness (QED) is 0.788. The number of halogens is 1. The van der Waals surface area contributed by atoms with Crippen molar-refractivity contribution in [2.45, 2.75) is 31.8 Å². The van der Waals surface area contributed by atoms with Gasteiger partial charge in [-0.3, -0.25) is 0 Å². The van der Waals surface area contributed by atoms with Crippen LogP contribution in [0, 0.1) is 6.92 Å². The number of hydrogen-bond donors (Lipinski definition) is 0. The Morgan fingerprint density at radius 3 is 2.70 bits per heavy atom. The van der Waals surface area contributed by atoms with Gasteiger partial charge in [-0.1, -0.05) is 12.1 Å². The van der Waals surface area contributed by atoms with Gasteiger partial charge in [-0.25, -0.2) is 8.42 Å². The summed E-state index contributed by atoms with van der Waals surface area (Å²) < 4.78 is 32.9. The smallest absolute Gasteiger partial charge is 0.264 e. The predicted molar refractivity (Wildman–Crippen MR) is 72.2 cm³/mol. The molecule has 20 heavy (non-hydrogen) atoms. The Bertz CT molecular complexity index is 712. The molecule has 0 saturated heterocycles. The molecule has 0 bridgehead atoms. The molecular weight excluding hydrogens is 304 g/mol. The summed E-state index contributed by atoms with van der Waals surface area (Å²) in [6, 6.07) is 4.38. The number of nitrogens with zero attached hydrogens (tertiary/aromatic N) is 2. The van der Waals surface area contributed by atoms with E-state index in [1.807, 2.05) is 6.92 Å². The van der Waals surface area contributed by atoms with Crippen LogP contribution in [0.15, 0.2) is 27.6 Å². The lowest BCUT2D eigenvalue weighted by Gasteiger charge is -2.07. The van der Waals surface area contributed by atoms with E-state index < -0.39 is 9.05 Å². The second-order valence-electron chi connectivity index (χ2n) is 4.11. The average molecular weight is 317 g/mol. The molecule has 108 valence electrons.